The van der Waals surface area contributed by atoms with Crippen LogP contribution in [0.1, 0.15) is 18.6 Å². The number of aliphatic hydroxyl groups excluding tert-OH is 1. The van der Waals surface area contributed by atoms with Gasteiger partial charge in [0.1, 0.15) is 0 Å². The number of rotatable bonds is 5. The summed E-state index contributed by atoms with van der Waals surface area (Å²) in [5.41, 5.74) is -0.649. The van der Waals surface area contributed by atoms with Crippen molar-refractivity contribution in [3.05, 3.63) is 48.0 Å². The molecule has 0 bridgehead atoms. The lowest BCUT2D eigenvalue weighted by atomic mass is 9.98. The van der Waals surface area contributed by atoms with Gasteiger partial charge in [-0.15, -0.1) is 0 Å². The molecule has 0 spiro atoms. The van der Waals surface area contributed by atoms with E-state index in [4.69, 9.17) is 5.11 Å². The van der Waals surface area contributed by atoms with E-state index in [9.17, 15) is 26.7 Å². The van der Waals surface area contributed by atoms with Crippen LogP contribution in [0.15, 0.2) is 42.5 Å². The molecule has 1 N–H and O–H groups in total. The number of alkyl halides is 5. The topological polar surface area (TPSA) is 46.5 Å². The lowest BCUT2D eigenvalue weighted by Gasteiger charge is -2.31. The van der Waals surface area contributed by atoms with Crippen molar-refractivity contribution in [1.82, 2.24) is 0 Å². The molecule has 0 radical (unpaired) electrons. The number of hydrogen-bond donors (Lipinski definition) is 1. The Morgan fingerprint density at radius 3 is 2.09 bits per heavy atom. The Bertz CT molecular complexity index is 539. The largest absolute Gasteiger partial charge is 0.448 e. The summed E-state index contributed by atoms with van der Waals surface area (Å²) >= 11 is 0. The van der Waals surface area contributed by atoms with Gasteiger partial charge in [-0.3, -0.25) is 0 Å². The molecule has 1 aromatic rings. The highest BCUT2D eigenvalue weighted by atomic mass is 19.4. The van der Waals surface area contributed by atoms with Crippen molar-refractivity contribution in [3.8, 4) is 0 Å². The molecule has 0 aliphatic heterocycles. The number of ether oxygens (including phenoxy) is 1. The minimum atomic E-state index is -5.58. The molecule has 2 atom stereocenters. The van der Waals surface area contributed by atoms with Crippen molar-refractivity contribution in [2.75, 3.05) is 0 Å². The maximum atomic E-state index is 14.0. The molecule has 1 rings (SSSR count). The van der Waals surface area contributed by atoms with Crippen LogP contribution >= 0.6 is 0 Å². The Morgan fingerprint density at radius 1 is 1.18 bits per heavy atom. The Kier molecular flexibility index (Phi) is 5.29. The van der Waals surface area contributed by atoms with Crippen LogP contribution in [-0.4, -0.2) is 29.3 Å². The first-order chi connectivity index (χ1) is 9.98. The van der Waals surface area contributed by atoms with Crippen LogP contribution < -0.4 is 0 Å². The van der Waals surface area contributed by atoms with E-state index in [0.717, 1.165) is 19.1 Å². The average molecular weight is 324 g/mol. The van der Waals surface area contributed by atoms with Gasteiger partial charge in [0, 0.05) is 5.57 Å². The number of carbonyl (C=O) groups is 1. The molecule has 0 fully saturated rings. The molecule has 2 unspecified atom stereocenters. The van der Waals surface area contributed by atoms with Gasteiger partial charge in [-0.25, -0.2) is 4.79 Å². The van der Waals surface area contributed by atoms with Crippen LogP contribution in [-0.2, 0) is 9.53 Å². The van der Waals surface area contributed by atoms with Gasteiger partial charge >= 0.3 is 18.1 Å². The minimum Gasteiger partial charge on any atom is -0.448 e. The Labute approximate surface area is 123 Å². The highest BCUT2D eigenvalue weighted by Gasteiger charge is 2.60. The zero-order valence-corrected chi connectivity index (χ0v) is 11.4. The van der Waals surface area contributed by atoms with Gasteiger partial charge < -0.3 is 9.84 Å². The smallest absolute Gasteiger partial charge is 0.420 e. The van der Waals surface area contributed by atoms with Crippen LogP contribution in [0.25, 0.3) is 0 Å². The minimum absolute atomic E-state index is 0.266. The van der Waals surface area contributed by atoms with Gasteiger partial charge in [-0.05, 0) is 12.5 Å². The standard InChI is InChI=1S/C14H13F5O3/c1-8(2)11(20)22-10(9-6-4-3-5-7-9)13(15,16)12(21)14(17,18)19/h3-7,10,12,21H,1H2,2H3. The summed E-state index contributed by atoms with van der Waals surface area (Å²) < 4.78 is 69.7. The predicted octanol–water partition coefficient (Wildman–Crippen LogP) is 3.41. The normalized spacial score (nSPS) is 15.0. The monoisotopic (exact) mass is 324 g/mol. The van der Waals surface area contributed by atoms with Crippen LogP contribution in [0.2, 0.25) is 0 Å². The molecule has 0 aliphatic rings. The Hall–Kier alpha value is -1.96. The Morgan fingerprint density at radius 2 is 1.68 bits per heavy atom. The van der Waals surface area contributed by atoms with E-state index in [-0.39, 0.29) is 11.1 Å². The van der Waals surface area contributed by atoms with E-state index < -0.39 is 30.3 Å². The van der Waals surface area contributed by atoms with E-state index >= 15 is 0 Å². The van der Waals surface area contributed by atoms with E-state index in [1.54, 1.807) is 0 Å². The second-order valence-corrected chi connectivity index (χ2v) is 4.60. The third-order valence-electron chi connectivity index (χ3n) is 2.70. The van der Waals surface area contributed by atoms with Crippen molar-refractivity contribution >= 4 is 5.97 Å². The van der Waals surface area contributed by atoms with Crippen molar-refractivity contribution in [2.24, 2.45) is 0 Å². The number of benzene rings is 1. The summed E-state index contributed by atoms with van der Waals surface area (Å²) in [7, 11) is 0. The molecular formula is C14H13F5O3. The third kappa shape index (κ3) is 4.03. The molecule has 1 aromatic carbocycles. The number of aliphatic hydroxyl groups is 1. The van der Waals surface area contributed by atoms with Gasteiger partial charge in [0.15, 0.2) is 6.10 Å². The first kappa shape index (κ1) is 18.1. The van der Waals surface area contributed by atoms with Crippen LogP contribution in [0.3, 0.4) is 0 Å². The molecule has 0 saturated carbocycles. The Balaban J connectivity index is 3.25. The highest BCUT2D eigenvalue weighted by Crippen LogP contribution is 2.43. The highest BCUT2D eigenvalue weighted by molar-refractivity contribution is 5.87. The van der Waals surface area contributed by atoms with Gasteiger partial charge in [0.25, 0.3) is 0 Å². The van der Waals surface area contributed by atoms with Gasteiger partial charge in [-0.2, -0.15) is 22.0 Å². The molecule has 0 amide bonds. The average Bonchev–Trinajstić information content (AvgIpc) is 2.43. The molecule has 122 valence electrons. The lowest BCUT2D eigenvalue weighted by molar-refractivity contribution is -0.293. The van der Waals surface area contributed by atoms with Crippen molar-refractivity contribution in [1.29, 1.82) is 0 Å². The molecule has 0 aromatic heterocycles. The molecule has 8 heteroatoms. The first-order valence-corrected chi connectivity index (χ1v) is 6.02. The number of esters is 1. The summed E-state index contributed by atoms with van der Waals surface area (Å²) in [6.45, 7) is 4.33. The number of halogens is 5. The molecule has 3 nitrogen and oxygen atoms in total. The van der Waals surface area contributed by atoms with Crippen molar-refractivity contribution < 1.29 is 36.6 Å². The number of carbonyl (C=O) groups excluding carboxylic acids is 1. The molecule has 0 heterocycles. The van der Waals surface area contributed by atoms with Gasteiger partial charge in [0.2, 0.25) is 6.10 Å². The zero-order valence-electron chi connectivity index (χ0n) is 11.4. The summed E-state index contributed by atoms with van der Waals surface area (Å²) in [6.07, 6.45) is -12.2. The molecule has 0 saturated heterocycles. The summed E-state index contributed by atoms with van der Waals surface area (Å²) in [5.74, 6) is -6.06. The van der Waals surface area contributed by atoms with E-state index in [0.29, 0.717) is 0 Å². The maximum absolute atomic E-state index is 14.0. The van der Waals surface area contributed by atoms with Gasteiger partial charge in [-0.1, -0.05) is 36.9 Å². The van der Waals surface area contributed by atoms with Crippen molar-refractivity contribution in [3.63, 3.8) is 0 Å². The van der Waals surface area contributed by atoms with E-state index in [2.05, 4.69) is 11.3 Å². The summed E-state index contributed by atoms with van der Waals surface area (Å²) in [4.78, 5) is 11.4. The molecular weight excluding hydrogens is 311 g/mol. The van der Waals surface area contributed by atoms with Crippen LogP contribution in [0, 0.1) is 0 Å². The fourth-order valence-corrected chi connectivity index (χ4v) is 1.57. The predicted molar refractivity (Wildman–Crippen MR) is 67.1 cm³/mol. The lowest BCUT2D eigenvalue weighted by Crippen LogP contribution is -2.49. The number of hydrogen-bond acceptors (Lipinski definition) is 3. The summed E-state index contributed by atoms with van der Waals surface area (Å²) in [5, 5.41) is 8.91. The third-order valence-corrected chi connectivity index (χ3v) is 2.70. The fourth-order valence-electron chi connectivity index (χ4n) is 1.57. The zero-order chi connectivity index (χ0) is 17.1. The van der Waals surface area contributed by atoms with Crippen LogP contribution in [0.5, 0.6) is 0 Å². The summed E-state index contributed by atoms with van der Waals surface area (Å²) in [6, 6.07) is 6.14. The van der Waals surface area contributed by atoms with Gasteiger partial charge in [0.05, 0.1) is 0 Å². The fraction of sp³-hybridized carbons (Fsp3) is 0.357. The van der Waals surface area contributed by atoms with Crippen LogP contribution in [0.4, 0.5) is 22.0 Å². The SMILES string of the molecule is C=C(C)C(=O)OC(c1ccccc1)C(F)(F)C(O)C(F)(F)F. The van der Waals surface area contributed by atoms with E-state index in [1.807, 2.05) is 0 Å². The van der Waals surface area contributed by atoms with E-state index in [1.165, 1.54) is 18.2 Å². The second-order valence-electron chi connectivity index (χ2n) is 4.60. The maximum Gasteiger partial charge on any atom is 0.420 e. The molecule has 0 aliphatic carbocycles. The quantitative estimate of drug-likeness (QED) is 0.513. The van der Waals surface area contributed by atoms with Crippen molar-refractivity contribution in [2.45, 2.75) is 31.2 Å². The second kappa shape index (κ2) is 6.43. The molecule has 22 heavy (non-hydrogen) atoms. The first-order valence-electron chi connectivity index (χ1n) is 6.02.